The summed E-state index contributed by atoms with van der Waals surface area (Å²) in [5.74, 6) is 0.633. The summed E-state index contributed by atoms with van der Waals surface area (Å²) in [6.07, 6.45) is 0.323. The highest BCUT2D eigenvalue weighted by Crippen LogP contribution is 2.49. The van der Waals surface area contributed by atoms with Crippen LogP contribution in [0.4, 0.5) is 10.5 Å². The smallest absolute Gasteiger partial charge is 0.414 e. The number of hydrogen-bond donors (Lipinski definition) is 1. The van der Waals surface area contributed by atoms with Crippen molar-refractivity contribution in [3.05, 3.63) is 29.5 Å². The molecule has 1 N–H and O–H groups in total. The molecule has 2 atom stereocenters. The van der Waals surface area contributed by atoms with Gasteiger partial charge >= 0.3 is 6.09 Å². The van der Waals surface area contributed by atoms with Gasteiger partial charge in [-0.2, -0.15) is 0 Å². The van der Waals surface area contributed by atoms with Crippen LogP contribution < -0.4 is 14.1 Å². The monoisotopic (exact) mass is 590 g/mol. The molecule has 40 heavy (non-hydrogen) atoms. The molecular weight excluding hydrogens is 541 g/mol. The number of benzene rings is 1. The molecule has 1 aromatic carbocycles. The summed E-state index contributed by atoms with van der Waals surface area (Å²) >= 11 is 0. The Kier molecular flexibility index (Phi) is 9.00. The van der Waals surface area contributed by atoms with E-state index in [4.69, 9.17) is 13.6 Å². The van der Waals surface area contributed by atoms with E-state index in [1.165, 1.54) is 4.90 Å². The fourth-order valence-corrected chi connectivity index (χ4v) is 12.7. The number of carbonyl (C=O) groups excluding carboxylic acids is 1. The lowest BCUT2D eigenvalue weighted by Gasteiger charge is -2.44. The van der Waals surface area contributed by atoms with Gasteiger partial charge in [-0.15, -0.1) is 0 Å². The third-order valence-electron chi connectivity index (χ3n) is 9.26. The van der Waals surface area contributed by atoms with Gasteiger partial charge in [0.2, 0.25) is 0 Å². The molecule has 2 unspecified atom stereocenters. The van der Waals surface area contributed by atoms with E-state index in [9.17, 15) is 14.7 Å². The maximum absolute atomic E-state index is 14.1. The highest BCUT2D eigenvalue weighted by Gasteiger charge is 2.51. The second-order valence-electron chi connectivity index (χ2n) is 13.8. The predicted molar refractivity (Wildman–Crippen MR) is 166 cm³/mol. The first-order valence-corrected chi connectivity index (χ1v) is 19.5. The minimum absolute atomic E-state index is 0.159. The van der Waals surface area contributed by atoms with Crippen molar-refractivity contribution in [1.82, 2.24) is 4.90 Å². The summed E-state index contributed by atoms with van der Waals surface area (Å²) in [5, 5.41) is 10.6. The van der Waals surface area contributed by atoms with Gasteiger partial charge < -0.3 is 23.6 Å². The van der Waals surface area contributed by atoms with E-state index in [2.05, 4.69) is 75.4 Å². The van der Waals surface area contributed by atoms with Crippen LogP contribution in [0.15, 0.2) is 23.9 Å². The van der Waals surface area contributed by atoms with Crippen LogP contribution in [0.3, 0.4) is 0 Å². The van der Waals surface area contributed by atoms with Crippen molar-refractivity contribution < 1.29 is 28.3 Å². The number of anilines is 1. The highest BCUT2D eigenvalue weighted by molar-refractivity contribution is 6.78. The van der Waals surface area contributed by atoms with Crippen molar-refractivity contribution in [3.8, 4) is 11.5 Å². The van der Waals surface area contributed by atoms with Crippen molar-refractivity contribution in [3.63, 3.8) is 0 Å². The molecule has 0 fully saturated rings. The molecule has 2 heterocycles. The Hall–Kier alpha value is -2.31. The molecule has 10 heteroatoms. The van der Waals surface area contributed by atoms with Gasteiger partial charge in [-0.25, -0.2) is 9.69 Å². The van der Waals surface area contributed by atoms with Gasteiger partial charge in [0.1, 0.15) is 5.75 Å². The molecular formula is C30H50N2O6Si2. The van der Waals surface area contributed by atoms with E-state index in [1.54, 1.807) is 24.1 Å². The molecule has 0 aliphatic carbocycles. The van der Waals surface area contributed by atoms with Gasteiger partial charge in [0.15, 0.2) is 20.3 Å². The van der Waals surface area contributed by atoms with Crippen molar-refractivity contribution in [2.24, 2.45) is 0 Å². The number of carbonyl (C=O) groups is 2. The van der Waals surface area contributed by atoms with Gasteiger partial charge in [0.25, 0.3) is 14.2 Å². The fourth-order valence-electron chi connectivity index (χ4n) is 6.23. The van der Waals surface area contributed by atoms with Crippen molar-refractivity contribution in [2.45, 2.75) is 123 Å². The van der Waals surface area contributed by atoms with Gasteiger partial charge in [-0.1, -0.05) is 67.9 Å². The second kappa shape index (κ2) is 11.2. The third-order valence-corrected chi connectivity index (χ3v) is 19.7. The summed E-state index contributed by atoms with van der Waals surface area (Å²) in [6.45, 7) is 25.7. The minimum Gasteiger partial charge on any atom is -0.540 e. The quantitative estimate of drug-likeness (QED) is 0.307. The largest absolute Gasteiger partial charge is 0.540 e. The van der Waals surface area contributed by atoms with E-state index in [1.807, 2.05) is 13.1 Å². The van der Waals surface area contributed by atoms with Crippen LogP contribution in [-0.2, 0) is 4.43 Å². The van der Waals surface area contributed by atoms with Gasteiger partial charge in [-0.3, -0.25) is 4.79 Å². The average Bonchev–Trinajstić information content (AvgIpc) is 3.17. The second-order valence-corrected chi connectivity index (χ2v) is 24.0. The summed E-state index contributed by atoms with van der Waals surface area (Å²) in [5.41, 5.74) is 2.42. The number of amides is 2. The molecule has 3 rings (SSSR count). The number of carboxylic acid groups (broad SMARTS) is 1. The van der Waals surface area contributed by atoms with E-state index in [0.29, 0.717) is 34.5 Å². The van der Waals surface area contributed by atoms with Crippen LogP contribution >= 0.6 is 0 Å². The number of rotatable bonds is 8. The Morgan fingerprint density at radius 3 is 2.02 bits per heavy atom. The molecule has 0 bridgehead atoms. The highest BCUT2D eigenvalue weighted by atomic mass is 28.4. The summed E-state index contributed by atoms with van der Waals surface area (Å²) < 4.78 is 19.7. The van der Waals surface area contributed by atoms with E-state index >= 15 is 0 Å². The van der Waals surface area contributed by atoms with E-state index in [0.717, 1.165) is 5.57 Å². The number of fused-ring (bicyclic) bond motifs is 2. The van der Waals surface area contributed by atoms with Gasteiger partial charge in [-0.05, 0) is 54.2 Å². The molecule has 0 saturated heterocycles. The average molecular weight is 591 g/mol. The molecule has 2 aliphatic heterocycles. The predicted octanol–water partition coefficient (Wildman–Crippen LogP) is 8.21. The Morgan fingerprint density at radius 2 is 1.57 bits per heavy atom. The van der Waals surface area contributed by atoms with Crippen LogP contribution in [-0.4, -0.2) is 58.0 Å². The van der Waals surface area contributed by atoms with Crippen LogP contribution in [0.2, 0.25) is 34.8 Å². The third kappa shape index (κ3) is 5.46. The number of methoxy groups -OCH3 is 1. The van der Waals surface area contributed by atoms with Crippen molar-refractivity contribution in [1.29, 1.82) is 0 Å². The molecule has 224 valence electrons. The Bertz CT molecular complexity index is 1150. The summed E-state index contributed by atoms with van der Waals surface area (Å²) in [7, 11) is -3.33. The van der Waals surface area contributed by atoms with Crippen LogP contribution in [0.5, 0.6) is 11.5 Å². The Balaban J connectivity index is 2.32. The van der Waals surface area contributed by atoms with E-state index < -0.39 is 35.0 Å². The Morgan fingerprint density at radius 1 is 1.02 bits per heavy atom. The minimum atomic E-state index is -2.46. The SMILES string of the molecule is COc1cc2c(cc1O[Si](C(C)C)(C(C)C)C(C)C)N(C(=O)O)C(O[Si](C)(C)C(C)(C)C)C1CC(C)=CN1C2=O. The maximum atomic E-state index is 14.1. The Labute approximate surface area is 242 Å². The first-order chi connectivity index (χ1) is 18.3. The molecule has 2 aliphatic rings. The zero-order chi connectivity index (χ0) is 30.5. The topological polar surface area (TPSA) is 88.5 Å². The molecule has 8 nitrogen and oxygen atoms in total. The lowest BCUT2D eigenvalue weighted by molar-refractivity contribution is 0.0603. The normalized spacial score (nSPS) is 20.1. The molecule has 0 spiro atoms. The lowest BCUT2D eigenvalue weighted by Crippen LogP contribution is -2.57. The van der Waals surface area contributed by atoms with Crippen LogP contribution in [0.1, 0.15) is 86.0 Å². The van der Waals surface area contributed by atoms with Crippen LogP contribution in [0.25, 0.3) is 0 Å². The van der Waals surface area contributed by atoms with Crippen molar-refractivity contribution in [2.75, 3.05) is 12.0 Å². The van der Waals surface area contributed by atoms with Crippen molar-refractivity contribution >= 4 is 34.3 Å². The molecule has 0 aromatic heterocycles. The zero-order valence-electron chi connectivity index (χ0n) is 26.7. The molecule has 0 radical (unpaired) electrons. The summed E-state index contributed by atoms with van der Waals surface area (Å²) in [6, 6.07) is 2.88. The standard InChI is InChI=1S/C30H50N2O6Si2/c1-18(2)40(19(3)4,20(5)6)37-26-16-23-22(15-25(26)36-11)27(33)31-17-21(7)14-24(31)28(32(23)29(34)35)38-39(12,13)30(8,9)10/h15-20,24,28H,14H2,1-13H3,(H,34,35). The molecule has 2 amide bonds. The van der Waals surface area contributed by atoms with Gasteiger partial charge in [0.05, 0.1) is 24.4 Å². The van der Waals surface area contributed by atoms with E-state index in [-0.39, 0.29) is 22.2 Å². The first kappa shape index (κ1) is 32.2. The molecule has 1 aromatic rings. The maximum Gasteiger partial charge on any atom is 0.414 e. The number of hydrogen-bond acceptors (Lipinski definition) is 5. The number of nitrogens with zero attached hydrogens (tertiary/aromatic N) is 2. The summed E-state index contributed by atoms with van der Waals surface area (Å²) in [4.78, 5) is 30.1. The van der Waals surface area contributed by atoms with Crippen LogP contribution in [0, 0.1) is 0 Å². The first-order valence-electron chi connectivity index (χ1n) is 14.4. The lowest BCUT2D eigenvalue weighted by atomic mass is 10.1. The van der Waals surface area contributed by atoms with Gasteiger partial charge in [0, 0.05) is 12.3 Å². The number of ether oxygens (including phenoxy) is 1. The fraction of sp³-hybridized carbons (Fsp3) is 0.667. The zero-order valence-corrected chi connectivity index (χ0v) is 28.7. The molecule has 0 saturated carbocycles.